The maximum Gasteiger partial charge on any atom is 0.673 e. The minimum Gasteiger partial charge on any atom is -0.418 e. The van der Waals surface area contributed by atoms with Crippen molar-refractivity contribution in [2.75, 3.05) is 0 Å². The van der Waals surface area contributed by atoms with Crippen molar-refractivity contribution >= 4 is 36.5 Å². The van der Waals surface area contributed by atoms with Crippen molar-refractivity contribution in [1.82, 2.24) is 5.06 Å². The SMILES string of the molecule is F[B-](F)(F)F.O=C1CCC(=O)N1O[O+]=C(N=C1CCCCC1)N=C1CCCCC1. The Morgan fingerprint density at radius 1 is 0.759 bits per heavy atom. The lowest BCUT2D eigenvalue weighted by Crippen LogP contribution is -2.26. The van der Waals surface area contributed by atoms with E-state index in [9.17, 15) is 26.9 Å². The van der Waals surface area contributed by atoms with Crippen LogP contribution in [0.1, 0.15) is 77.0 Å². The Bertz CT molecular complexity index is 627. The molecule has 0 radical (unpaired) electrons. The van der Waals surface area contributed by atoms with Crippen LogP contribution in [-0.4, -0.2) is 41.6 Å². The highest BCUT2D eigenvalue weighted by atomic mass is 19.5. The Morgan fingerprint density at radius 3 is 1.52 bits per heavy atom. The van der Waals surface area contributed by atoms with Crippen LogP contribution in [0, 0.1) is 0 Å². The molecule has 12 heteroatoms. The zero-order valence-electron chi connectivity index (χ0n) is 16.0. The summed E-state index contributed by atoms with van der Waals surface area (Å²) >= 11 is 0. The second-order valence-electron chi connectivity index (χ2n) is 6.99. The molecule has 29 heavy (non-hydrogen) atoms. The molecular formula is C17H24BF4N3O4. The van der Waals surface area contributed by atoms with Gasteiger partial charge >= 0.3 is 13.3 Å². The van der Waals surface area contributed by atoms with E-state index in [2.05, 4.69) is 9.98 Å². The first kappa shape index (κ1) is 23.0. The highest BCUT2D eigenvalue weighted by Gasteiger charge is 2.36. The van der Waals surface area contributed by atoms with Crippen LogP contribution in [0.4, 0.5) is 21.8 Å². The van der Waals surface area contributed by atoms with E-state index in [-0.39, 0.29) is 18.9 Å². The number of nitrogens with zero attached hydrogens (tertiary/aromatic N) is 3. The molecular weight excluding hydrogens is 397 g/mol. The maximum absolute atomic E-state index is 11.6. The summed E-state index contributed by atoms with van der Waals surface area (Å²) in [5, 5.41) is 0.669. The number of hydroxylamine groups is 2. The lowest BCUT2D eigenvalue weighted by molar-refractivity contribution is -0.578. The van der Waals surface area contributed by atoms with E-state index >= 15 is 0 Å². The fraction of sp³-hybridized carbons (Fsp3) is 0.706. The van der Waals surface area contributed by atoms with E-state index in [1.807, 2.05) is 0 Å². The van der Waals surface area contributed by atoms with Gasteiger partial charge in [-0.25, -0.2) is 0 Å². The highest BCUT2D eigenvalue weighted by Crippen LogP contribution is 2.19. The smallest absolute Gasteiger partial charge is 0.418 e. The van der Waals surface area contributed by atoms with Crippen LogP contribution in [0.2, 0.25) is 0 Å². The number of carbonyl (C=O) groups is 2. The zero-order chi connectivity index (χ0) is 21.3. The van der Waals surface area contributed by atoms with E-state index < -0.39 is 19.1 Å². The molecule has 0 atom stereocenters. The van der Waals surface area contributed by atoms with Crippen LogP contribution in [0.3, 0.4) is 0 Å². The Kier molecular flexibility index (Phi) is 8.78. The van der Waals surface area contributed by atoms with Crippen molar-refractivity contribution < 1.29 is 36.4 Å². The molecule has 1 heterocycles. The molecule has 3 fully saturated rings. The van der Waals surface area contributed by atoms with Crippen LogP contribution in [-0.2, 0) is 14.6 Å². The van der Waals surface area contributed by atoms with Crippen LogP contribution in [0.5, 0.6) is 0 Å². The number of rotatable bonds is 2. The van der Waals surface area contributed by atoms with Crippen LogP contribution >= 0.6 is 0 Å². The van der Waals surface area contributed by atoms with E-state index in [4.69, 9.17) is 9.56 Å². The number of halogens is 4. The third kappa shape index (κ3) is 9.18. The van der Waals surface area contributed by atoms with E-state index in [1.54, 1.807) is 0 Å². The molecule has 7 nitrogen and oxygen atoms in total. The molecule has 0 aromatic carbocycles. The first-order chi connectivity index (χ1) is 13.7. The van der Waals surface area contributed by atoms with Gasteiger partial charge in [0, 0.05) is 29.3 Å². The van der Waals surface area contributed by atoms with Gasteiger partial charge in [-0.2, -0.15) is 0 Å². The zero-order valence-corrected chi connectivity index (χ0v) is 16.0. The fourth-order valence-corrected chi connectivity index (χ4v) is 3.19. The van der Waals surface area contributed by atoms with Gasteiger partial charge in [0.2, 0.25) is 0 Å². The van der Waals surface area contributed by atoms with E-state index in [0.717, 1.165) is 62.8 Å². The molecule has 1 saturated heterocycles. The van der Waals surface area contributed by atoms with Gasteiger partial charge in [0.1, 0.15) is 4.58 Å². The summed E-state index contributed by atoms with van der Waals surface area (Å²) in [7, 11) is -6.00. The number of urea groups is 1. The summed E-state index contributed by atoms with van der Waals surface area (Å²) in [4.78, 5) is 37.1. The van der Waals surface area contributed by atoms with Crippen molar-refractivity contribution in [3.05, 3.63) is 0 Å². The predicted octanol–water partition coefficient (Wildman–Crippen LogP) is 4.75. The van der Waals surface area contributed by atoms with Crippen LogP contribution in [0.25, 0.3) is 0 Å². The molecule has 162 valence electrons. The number of imide groups is 1. The molecule has 3 rings (SSSR count). The average molecular weight is 421 g/mol. The average Bonchev–Trinajstić information content (AvgIpc) is 2.98. The Hall–Kier alpha value is -2.27. The molecule has 0 bridgehead atoms. The maximum atomic E-state index is 11.6. The standard InChI is InChI=1S/C17H24N3O4.BF4/c21-15-11-12-16(22)20(15)24-23-17(18-13-7-3-1-4-8-13)19-14-9-5-2-6-10-14;2-1(3,4)5/h1-12H2;/q+1;-1. The highest BCUT2D eigenvalue weighted by molar-refractivity contribution is 6.50. The van der Waals surface area contributed by atoms with Gasteiger partial charge < -0.3 is 17.3 Å². The minimum absolute atomic E-state index is 0.108. The monoisotopic (exact) mass is 421 g/mol. The molecule has 0 aromatic rings. The van der Waals surface area contributed by atoms with E-state index in [1.165, 1.54) is 12.8 Å². The summed E-state index contributed by atoms with van der Waals surface area (Å²) in [6, 6.07) is 0.108. The molecule has 2 aliphatic carbocycles. The first-order valence-corrected chi connectivity index (χ1v) is 9.80. The molecule has 3 aliphatic rings. The number of carbonyl (C=O) groups excluding carboxylic acids is 3. The van der Waals surface area contributed by atoms with Crippen molar-refractivity contribution in [3.8, 4) is 0 Å². The van der Waals surface area contributed by atoms with Gasteiger partial charge in [0.05, 0.1) is 0 Å². The van der Waals surface area contributed by atoms with Gasteiger partial charge in [-0.05, 0) is 56.4 Å². The molecule has 1 aliphatic heterocycles. The molecule has 0 aromatic heterocycles. The van der Waals surface area contributed by atoms with Gasteiger partial charge in [0.25, 0.3) is 11.8 Å². The van der Waals surface area contributed by atoms with Crippen molar-refractivity contribution in [3.63, 3.8) is 0 Å². The van der Waals surface area contributed by atoms with Gasteiger partial charge in [-0.3, -0.25) is 9.59 Å². The third-order valence-corrected chi connectivity index (χ3v) is 4.56. The predicted molar refractivity (Wildman–Crippen MR) is 98.8 cm³/mol. The van der Waals surface area contributed by atoms with Crippen LogP contribution in [0.15, 0.2) is 9.98 Å². The fourth-order valence-electron chi connectivity index (χ4n) is 3.19. The van der Waals surface area contributed by atoms with Crippen molar-refractivity contribution in [2.45, 2.75) is 77.0 Å². The summed E-state index contributed by atoms with van der Waals surface area (Å²) in [5.41, 5.74) is 2.08. The largest absolute Gasteiger partial charge is 0.673 e. The number of hydrogen-bond acceptors (Lipinski definition) is 3. The number of hydrogen-bond donors (Lipinski definition) is 0. The third-order valence-electron chi connectivity index (χ3n) is 4.56. The Labute approximate surface area is 165 Å². The normalized spacial score (nSPS) is 20.1. The quantitative estimate of drug-likeness (QED) is 0.161. The summed E-state index contributed by atoms with van der Waals surface area (Å²) in [6.45, 7) is 0. The second kappa shape index (κ2) is 11.1. The van der Waals surface area contributed by atoms with Crippen molar-refractivity contribution in [2.24, 2.45) is 9.98 Å². The molecule has 0 unspecified atom stereocenters. The van der Waals surface area contributed by atoms with E-state index in [0.29, 0.717) is 5.06 Å². The van der Waals surface area contributed by atoms with Gasteiger partial charge in [-0.1, -0.05) is 12.8 Å². The van der Waals surface area contributed by atoms with Gasteiger partial charge in [0.15, 0.2) is 0 Å². The molecule has 4 amide bonds. The lowest BCUT2D eigenvalue weighted by atomic mass is 9.98. The second-order valence-corrected chi connectivity index (χ2v) is 6.99. The number of amides is 4. The van der Waals surface area contributed by atoms with Crippen molar-refractivity contribution in [1.29, 1.82) is 0 Å². The van der Waals surface area contributed by atoms with Crippen LogP contribution < -0.4 is 0 Å². The lowest BCUT2D eigenvalue weighted by Gasteiger charge is -2.11. The first-order valence-electron chi connectivity index (χ1n) is 9.80. The number of aliphatic imine (C=N–C) groups is 2. The summed E-state index contributed by atoms with van der Waals surface area (Å²) < 4.78 is 44.2. The summed E-state index contributed by atoms with van der Waals surface area (Å²) in [6.07, 6.45) is 10.9. The molecule has 0 N–H and O–H groups in total. The molecule has 2 saturated carbocycles. The topological polar surface area (TPSA) is 82.6 Å². The Balaban J connectivity index is 0.000000537. The minimum atomic E-state index is -6.00. The molecule has 0 spiro atoms. The Morgan fingerprint density at radius 2 is 1.14 bits per heavy atom. The van der Waals surface area contributed by atoms with Gasteiger partial charge in [-0.15, -0.1) is 9.98 Å². The summed E-state index contributed by atoms with van der Waals surface area (Å²) in [5.74, 6) is -0.787.